The van der Waals surface area contributed by atoms with Gasteiger partial charge in [0.25, 0.3) is 0 Å². The smallest absolute Gasteiger partial charge is 0.328 e. The Balaban J connectivity index is 2.48. The van der Waals surface area contributed by atoms with E-state index in [2.05, 4.69) is 4.98 Å². The van der Waals surface area contributed by atoms with E-state index in [0.717, 1.165) is 17.2 Å². The standard InChI is InChI=1S/C11H9NO3/c1-7-3-2-4-8-11(7)15-9(12-8)5-6-10(13)14/h2-6H,1H3,(H,13,14)/b6-5+. The number of nitrogens with zero attached hydrogens (tertiary/aromatic N) is 1. The molecule has 0 atom stereocenters. The highest BCUT2D eigenvalue weighted by Gasteiger charge is 2.04. The summed E-state index contributed by atoms with van der Waals surface area (Å²) in [4.78, 5) is 14.4. The summed E-state index contributed by atoms with van der Waals surface area (Å²) in [5.74, 6) is -0.712. The number of oxazole rings is 1. The van der Waals surface area contributed by atoms with Gasteiger partial charge in [-0.25, -0.2) is 9.78 Å². The van der Waals surface area contributed by atoms with Gasteiger partial charge in [0.1, 0.15) is 5.52 Å². The molecule has 2 aromatic rings. The number of aliphatic carboxylic acids is 1. The molecule has 15 heavy (non-hydrogen) atoms. The van der Waals surface area contributed by atoms with Crippen LogP contribution in [0.2, 0.25) is 0 Å². The summed E-state index contributed by atoms with van der Waals surface area (Å²) in [6.45, 7) is 1.91. The zero-order valence-electron chi connectivity index (χ0n) is 8.10. The first-order chi connectivity index (χ1) is 7.16. The van der Waals surface area contributed by atoms with Crippen molar-refractivity contribution in [3.8, 4) is 0 Å². The van der Waals surface area contributed by atoms with Gasteiger partial charge in [-0.1, -0.05) is 12.1 Å². The monoisotopic (exact) mass is 203 g/mol. The van der Waals surface area contributed by atoms with E-state index in [1.165, 1.54) is 6.08 Å². The maximum atomic E-state index is 10.3. The second kappa shape index (κ2) is 3.57. The molecule has 1 aromatic carbocycles. The van der Waals surface area contributed by atoms with E-state index in [4.69, 9.17) is 9.52 Å². The highest BCUT2D eigenvalue weighted by molar-refractivity contribution is 5.85. The zero-order chi connectivity index (χ0) is 10.8. The first-order valence-corrected chi connectivity index (χ1v) is 4.44. The van der Waals surface area contributed by atoms with Gasteiger partial charge >= 0.3 is 5.97 Å². The van der Waals surface area contributed by atoms with Crippen LogP contribution in [0.1, 0.15) is 11.5 Å². The van der Waals surface area contributed by atoms with Crippen LogP contribution in [0, 0.1) is 6.92 Å². The predicted octanol–water partition coefficient (Wildman–Crippen LogP) is 2.23. The van der Waals surface area contributed by atoms with Crippen LogP contribution < -0.4 is 0 Å². The van der Waals surface area contributed by atoms with Crippen LogP contribution in [0.5, 0.6) is 0 Å². The van der Waals surface area contributed by atoms with E-state index in [9.17, 15) is 4.79 Å². The van der Waals surface area contributed by atoms with Gasteiger partial charge in [0, 0.05) is 12.2 Å². The lowest BCUT2D eigenvalue weighted by atomic mass is 10.2. The van der Waals surface area contributed by atoms with Gasteiger partial charge < -0.3 is 9.52 Å². The van der Waals surface area contributed by atoms with Crippen LogP contribution in [0.3, 0.4) is 0 Å². The maximum absolute atomic E-state index is 10.3. The van der Waals surface area contributed by atoms with Gasteiger partial charge in [-0.3, -0.25) is 0 Å². The number of aromatic nitrogens is 1. The molecular formula is C11H9NO3. The van der Waals surface area contributed by atoms with Crippen molar-refractivity contribution in [2.75, 3.05) is 0 Å². The molecule has 0 unspecified atom stereocenters. The minimum Gasteiger partial charge on any atom is -0.478 e. The molecule has 1 heterocycles. The number of carboxylic acids is 1. The van der Waals surface area contributed by atoms with Crippen LogP contribution in [0.25, 0.3) is 17.2 Å². The van der Waals surface area contributed by atoms with Crippen LogP contribution in [-0.2, 0) is 4.79 Å². The number of rotatable bonds is 2. The molecule has 4 nitrogen and oxygen atoms in total. The topological polar surface area (TPSA) is 63.3 Å². The van der Waals surface area contributed by atoms with Crippen molar-refractivity contribution in [1.82, 2.24) is 4.98 Å². The maximum Gasteiger partial charge on any atom is 0.328 e. The lowest BCUT2D eigenvalue weighted by Gasteiger charge is -1.89. The fraction of sp³-hybridized carbons (Fsp3) is 0.0909. The molecule has 0 bridgehead atoms. The highest BCUT2D eigenvalue weighted by atomic mass is 16.4. The Labute approximate surface area is 85.9 Å². The van der Waals surface area contributed by atoms with Gasteiger partial charge in [-0.15, -0.1) is 0 Å². The molecular weight excluding hydrogens is 194 g/mol. The lowest BCUT2D eigenvalue weighted by Crippen LogP contribution is -1.85. The van der Waals surface area contributed by atoms with Gasteiger partial charge in [-0.05, 0) is 18.6 Å². The molecule has 1 aromatic heterocycles. The molecule has 4 heteroatoms. The van der Waals surface area contributed by atoms with Crippen molar-refractivity contribution >= 4 is 23.1 Å². The Bertz CT molecular complexity index is 540. The summed E-state index contributed by atoms with van der Waals surface area (Å²) < 4.78 is 5.39. The molecule has 2 rings (SSSR count). The number of hydrogen-bond donors (Lipinski definition) is 1. The van der Waals surface area contributed by atoms with E-state index in [0.29, 0.717) is 11.5 Å². The van der Waals surface area contributed by atoms with Crippen molar-refractivity contribution < 1.29 is 14.3 Å². The van der Waals surface area contributed by atoms with E-state index in [1.54, 1.807) is 0 Å². The molecule has 0 aliphatic carbocycles. The molecule has 0 saturated heterocycles. The Kier molecular flexibility index (Phi) is 2.25. The lowest BCUT2D eigenvalue weighted by molar-refractivity contribution is -0.131. The number of fused-ring (bicyclic) bond motifs is 1. The number of hydrogen-bond acceptors (Lipinski definition) is 3. The third-order valence-electron chi connectivity index (χ3n) is 2.00. The van der Waals surface area contributed by atoms with E-state index in [1.807, 2.05) is 25.1 Å². The second-order valence-electron chi connectivity index (χ2n) is 3.15. The molecule has 76 valence electrons. The van der Waals surface area contributed by atoms with Crippen molar-refractivity contribution in [3.05, 3.63) is 35.7 Å². The predicted molar refractivity (Wildman–Crippen MR) is 55.4 cm³/mol. The van der Waals surface area contributed by atoms with Crippen LogP contribution in [0.4, 0.5) is 0 Å². The third kappa shape index (κ3) is 1.88. The van der Waals surface area contributed by atoms with Crippen molar-refractivity contribution in [2.24, 2.45) is 0 Å². The quantitative estimate of drug-likeness (QED) is 0.760. The number of carboxylic acid groups (broad SMARTS) is 1. The summed E-state index contributed by atoms with van der Waals surface area (Å²) in [7, 11) is 0. The summed E-state index contributed by atoms with van der Waals surface area (Å²) in [6, 6.07) is 5.62. The Morgan fingerprint density at radius 3 is 3.00 bits per heavy atom. The van der Waals surface area contributed by atoms with Crippen LogP contribution >= 0.6 is 0 Å². The minimum absolute atomic E-state index is 0.307. The fourth-order valence-corrected chi connectivity index (χ4v) is 1.32. The first-order valence-electron chi connectivity index (χ1n) is 4.44. The van der Waals surface area contributed by atoms with Gasteiger partial charge in [-0.2, -0.15) is 0 Å². The van der Waals surface area contributed by atoms with Crippen LogP contribution in [0.15, 0.2) is 28.7 Å². The molecule has 0 aliphatic rings. The molecule has 0 radical (unpaired) electrons. The molecule has 0 amide bonds. The van der Waals surface area contributed by atoms with Crippen molar-refractivity contribution in [3.63, 3.8) is 0 Å². The Morgan fingerprint density at radius 1 is 1.53 bits per heavy atom. The average Bonchev–Trinajstić information content (AvgIpc) is 2.59. The van der Waals surface area contributed by atoms with Gasteiger partial charge in [0.2, 0.25) is 5.89 Å². The average molecular weight is 203 g/mol. The SMILES string of the molecule is Cc1cccc2nc(/C=C/C(=O)O)oc12. The number of aryl methyl sites for hydroxylation is 1. The van der Waals surface area contributed by atoms with E-state index >= 15 is 0 Å². The third-order valence-corrected chi connectivity index (χ3v) is 2.00. The molecule has 0 saturated carbocycles. The molecule has 0 aliphatic heterocycles. The molecule has 0 spiro atoms. The summed E-state index contributed by atoms with van der Waals surface area (Å²) in [5.41, 5.74) is 2.41. The summed E-state index contributed by atoms with van der Waals surface area (Å²) >= 11 is 0. The summed E-state index contributed by atoms with van der Waals surface area (Å²) in [6.07, 6.45) is 2.34. The van der Waals surface area contributed by atoms with Gasteiger partial charge in [0.05, 0.1) is 0 Å². The van der Waals surface area contributed by atoms with E-state index in [-0.39, 0.29) is 0 Å². The summed E-state index contributed by atoms with van der Waals surface area (Å²) in [5, 5.41) is 8.45. The van der Waals surface area contributed by atoms with Crippen LogP contribution in [-0.4, -0.2) is 16.1 Å². The van der Waals surface area contributed by atoms with Crippen molar-refractivity contribution in [2.45, 2.75) is 6.92 Å². The van der Waals surface area contributed by atoms with Gasteiger partial charge in [0.15, 0.2) is 5.58 Å². The Hall–Kier alpha value is -2.10. The Morgan fingerprint density at radius 2 is 2.33 bits per heavy atom. The molecule has 0 fully saturated rings. The fourth-order valence-electron chi connectivity index (χ4n) is 1.32. The second-order valence-corrected chi connectivity index (χ2v) is 3.15. The largest absolute Gasteiger partial charge is 0.478 e. The highest BCUT2D eigenvalue weighted by Crippen LogP contribution is 2.19. The number of carbonyl (C=O) groups is 1. The van der Waals surface area contributed by atoms with Crippen molar-refractivity contribution in [1.29, 1.82) is 0 Å². The number of benzene rings is 1. The normalized spacial score (nSPS) is 11.3. The number of para-hydroxylation sites is 1. The minimum atomic E-state index is -1.02. The molecule has 1 N–H and O–H groups in total. The zero-order valence-corrected chi connectivity index (χ0v) is 8.10. The first kappa shape index (κ1) is 9.45. The van der Waals surface area contributed by atoms with E-state index < -0.39 is 5.97 Å².